The first-order chi connectivity index (χ1) is 9.19. The van der Waals surface area contributed by atoms with Crippen molar-refractivity contribution in [3.8, 4) is 0 Å². The molecule has 7 nitrogen and oxygen atoms in total. The lowest BCUT2D eigenvalue weighted by Crippen LogP contribution is -2.41. The second-order valence-corrected chi connectivity index (χ2v) is 4.58. The highest BCUT2D eigenvalue weighted by Gasteiger charge is 2.27. The molecule has 1 N–H and O–H groups in total. The number of rotatable bonds is 7. The summed E-state index contributed by atoms with van der Waals surface area (Å²) in [5.41, 5.74) is 0. The zero-order valence-electron chi connectivity index (χ0n) is 10.8. The third-order valence-electron chi connectivity index (χ3n) is 2.84. The van der Waals surface area contributed by atoms with E-state index in [1.807, 2.05) is 0 Å². The predicted octanol–water partition coefficient (Wildman–Crippen LogP) is 0.498. The van der Waals surface area contributed by atoms with E-state index in [-0.39, 0.29) is 25.0 Å². The van der Waals surface area contributed by atoms with Gasteiger partial charge in [-0.25, -0.2) is 0 Å². The fourth-order valence-corrected chi connectivity index (χ4v) is 1.71. The first-order valence-corrected chi connectivity index (χ1v) is 6.16. The number of anilines is 1. The maximum absolute atomic E-state index is 11.8. The molecule has 1 aromatic rings. The molecular weight excluding hydrogens is 250 g/mol. The lowest BCUT2D eigenvalue weighted by atomic mass is 10.3. The highest BCUT2D eigenvalue weighted by atomic mass is 16.5. The SMILES string of the molecule is COCC(=O)N(CC(=O)Nc1ccon1)CC1CC1. The average Bonchev–Trinajstić information content (AvgIpc) is 3.04. The molecule has 0 saturated heterocycles. The van der Waals surface area contributed by atoms with Crippen molar-refractivity contribution in [2.24, 2.45) is 5.92 Å². The van der Waals surface area contributed by atoms with E-state index in [9.17, 15) is 9.59 Å². The minimum absolute atomic E-state index is 0.00551. The van der Waals surface area contributed by atoms with E-state index < -0.39 is 0 Å². The molecule has 1 aromatic heterocycles. The quantitative estimate of drug-likeness (QED) is 0.777. The van der Waals surface area contributed by atoms with Crippen molar-refractivity contribution in [3.63, 3.8) is 0 Å². The Kier molecular flexibility index (Phi) is 4.51. The van der Waals surface area contributed by atoms with Crippen LogP contribution in [0.3, 0.4) is 0 Å². The highest BCUT2D eigenvalue weighted by molar-refractivity contribution is 5.93. The van der Waals surface area contributed by atoms with Gasteiger partial charge in [0.1, 0.15) is 12.9 Å². The third-order valence-corrected chi connectivity index (χ3v) is 2.84. The summed E-state index contributed by atoms with van der Waals surface area (Å²) in [4.78, 5) is 25.2. The number of carbonyl (C=O) groups excluding carboxylic acids is 2. The van der Waals surface area contributed by atoms with Crippen LogP contribution < -0.4 is 5.32 Å². The molecule has 0 aliphatic heterocycles. The first kappa shape index (κ1) is 13.5. The number of nitrogens with one attached hydrogen (secondary N) is 1. The molecule has 1 saturated carbocycles. The number of hydrogen-bond donors (Lipinski definition) is 1. The molecule has 1 heterocycles. The lowest BCUT2D eigenvalue weighted by Gasteiger charge is -2.21. The van der Waals surface area contributed by atoms with Crippen LogP contribution in [0.25, 0.3) is 0 Å². The fourth-order valence-electron chi connectivity index (χ4n) is 1.71. The van der Waals surface area contributed by atoms with E-state index in [1.54, 1.807) is 6.07 Å². The zero-order chi connectivity index (χ0) is 13.7. The van der Waals surface area contributed by atoms with E-state index >= 15 is 0 Å². The molecule has 7 heteroatoms. The lowest BCUT2D eigenvalue weighted by molar-refractivity contribution is -0.138. The Hall–Kier alpha value is -1.89. The molecule has 2 rings (SSSR count). The molecule has 0 unspecified atom stereocenters. The Bertz CT molecular complexity index is 428. The molecule has 104 valence electrons. The molecule has 1 aliphatic rings. The summed E-state index contributed by atoms with van der Waals surface area (Å²) in [5, 5.41) is 6.15. The summed E-state index contributed by atoms with van der Waals surface area (Å²) in [7, 11) is 1.46. The third kappa shape index (κ3) is 4.36. The maximum atomic E-state index is 11.8. The van der Waals surface area contributed by atoms with Gasteiger partial charge < -0.3 is 19.5 Å². The highest BCUT2D eigenvalue weighted by Crippen LogP contribution is 2.29. The van der Waals surface area contributed by atoms with Gasteiger partial charge in [-0.05, 0) is 18.8 Å². The summed E-state index contributed by atoms with van der Waals surface area (Å²) in [6, 6.07) is 1.54. The monoisotopic (exact) mass is 267 g/mol. The first-order valence-electron chi connectivity index (χ1n) is 6.16. The maximum Gasteiger partial charge on any atom is 0.249 e. The van der Waals surface area contributed by atoms with Crippen LogP contribution in [0.5, 0.6) is 0 Å². The minimum Gasteiger partial charge on any atom is -0.375 e. The Labute approximate surface area is 110 Å². The van der Waals surface area contributed by atoms with Crippen LogP contribution in [0, 0.1) is 5.92 Å². The van der Waals surface area contributed by atoms with E-state index in [0.717, 1.165) is 12.8 Å². The van der Waals surface area contributed by atoms with Gasteiger partial charge in [-0.2, -0.15) is 0 Å². The number of carbonyl (C=O) groups is 2. The standard InChI is InChI=1S/C12H17N3O4/c1-18-8-12(17)15(6-9-2-3-9)7-11(16)13-10-4-5-19-14-10/h4-5,9H,2-3,6-8H2,1H3,(H,13,14,16). The summed E-state index contributed by atoms with van der Waals surface area (Å²) >= 11 is 0. The van der Waals surface area contributed by atoms with Crippen molar-refractivity contribution in [1.82, 2.24) is 10.1 Å². The molecule has 2 amide bonds. The van der Waals surface area contributed by atoms with Gasteiger partial charge >= 0.3 is 0 Å². The van der Waals surface area contributed by atoms with Crippen LogP contribution in [0.15, 0.2) is 16.9 Å². The predicted molar refractivity (Wildman–Crippen MR) is 66.3 cm³/mol. The van der Waals surface area contributed by atoms with Gasteiger partial charge in [-0.15, -0.1) is 0 Å². The minimum atomic E-state index is -0.293. The van der Waals surface area contributed by atoms with Crippen molar-refractivity contribution < 1.29 is 18.8 Å². The molecule has 0 bridgehead atoms. The van der Waals surface area contributed by atoms with E-state index in [1.165, 1.54) is 18.3 Å². The van der Waals surface area contributed by atoms with Crippen LogP contribution in [0.1, 0.15) is 12.8 Å². The summed E-state index contributed by atoms with van der Waals surface area (Å²) < 4.78 is 9.44. The van der Waals surface area contributed by atoms with Crippen LogP contribution >= 0.6 is 0 Å². The smallest absolute Gasteiger partial charge is 0.249 e. The number of nitrogens with zero attached hydrogens (tertiary/aromatic N) is 2. The van der Waals surface area contributed by atoms with E-state index in [4.69, 9.17) is 4.74 Å². The summed E-state index contributed by atoms with van der Waals surface area (Å²) in [5.74, 6) is 0.389. The Morgan fingerprint density at radius 1 is 1.58 bits per heavy atom. The molecule has 0 atom stereocenters. The molecule has 1 aliphatic carbocycles. The van der Waals surface area contributed by atoms with Crippen molar-refractivity contribution in [2.75, 3.05) is 32.1 Å². The second-order valence-electron chi connectivity index (χ2n) is 4.58. The average molecular weight is 267 g/mol. The molecular formula is C12H17N3O4. The normalized spacial score (nSPS) is 14.2. The molecule has 1 fully saturated rings. The van der Waals surface area contributed by atoms with Gasteiger partial charge in [0.05, 0.1) is 6.54 Å². The Morgan fingerprint density at radius 3 is 2.95 bits per heavy atom. The van der Waals surface area contributed by atoms with Crippen molar-refractivity contribution >= 4 is 17.6 Å². The van der Waals surface area contributed by atoms with E-state index in [2.05, 4.69) is 15.0 Å². The molecule has 0 aromatic carbocycles. The Morgan fingerprint density at radius 2 is 2.37 bits per heavy atom. The van der Waals surface area contributed by atoms with E-state index in [0.29, 0.717) is 18.3 Å². The fraction of sp³-hybridized carbons (Fsp3) is 0.583. The second kappa shape index (κ2) is 6.33. The summed E-state index contributed by atoms with van der Waals surface area (Å²) in [6.07, 6.45) is 3.59. The topological polar surface area (TPSA) is 84.7 Å². The molecule has 0 spiro atoms. The molecule has 19 heavy (non-hydrogen) atoms. The van der Waals surface area contributed by atoms with Gasteiger partial charge in [-0.1, -0.05) is 5.16 Å². The van der Waals surface area contributed by atoms with Crippen LogP contribution in [0.4, 0.5) is 5.82 Å². The molecule has 0 radical (unpaired) electrons. The van der Waals surface area contributed by atoms with Gasteiger partial charge in [0.15, 0.2) is 5.82 Å². The van der Waals surface area contributed by atoms with Gasteiger partial charge in [0, 0.05) is 19.7 Å². The van der Waals surface area contributed by atoms with Crippen LogP contribution in [-0.2, 0) is 14.3 Å². The van der Waals surface area contributed by atoms with Crippen molar-refractivity contribution in [2.45, 2.75) is 12.8 Å². The van der Waals surface area contributed by atoms with Crippen LogP contribution in [-0.4, -0.2) is 48.7 Å². The van der Waals surface area contributed by atoms with Crippen molar-refractivity contribution in [1.29, 1.82) is 0 Å². The number of ether oxygens (including phenoxy) is 1. The zero-order valence-corrected chi connectivity index (χ0v) is 10.8. The Balaban J connectivity index is 1.86. The number of hydrogen-bond acceptors (Lipinski definition) is 5. The number of amides is 2. The van der Waals surface area contributed by atoms with Crippen LogP contribution in [0.2, 0.25) is 0 Å². The van der Waals surface area contributed by atoms with Gasteiger partial charge in [-0.3, -0.25) is 9.59 Å². The van der Waals surface area contributed by atoms with Crippen molar-refractivity contribution in [3.05, 3.63) is 12.3 Å². The summed E-state index contributed by atoms with van der Waals surface area (Å²) in [6.45, 7) is 0.601. The van der Waals surface area contributed by atoms with Gasteiger partial charge in [0.2, 0.25) is 11.8 Å². The number of methoxy groups -OCH3 is 1. The van der Waals surface area contributed by atoms with Gasteiger partial charge in [0.25, 0.3) is 0 Å². The number of aromatic nitrogens is 1. The largest absolute Gasteiger partial charge is 0.375 e.